The van der Waals surface area contributed by atoms with Gasteiger partial charge in [-0.05, 0) is 38.5 Å². The molecule has 0 unspecified atom stereocenters. The Bertz CT molecular complexity index is 958. The fourth-order valence-electron chi connectivity index (χ4n) is 3.66. The van der Waals surface area contributed by atoms with E-state index in [-0.39, 0.29) is 30.5 Å². The van der Waals surface area contributed by atoms with E-state index in [1.165, 1.54) is 10.6 Å². The molecule has 1 aliphatic heterocycles. The number of carbonyl (C=O) groups excluding carboxylic acids is 1. The van der Waals surface area contributed by atoms with Gasteiger partial charge in [-0.3, -0.25) is 9.10 Å². The first kappa shape index (κ1) is 21.2. The van der Waals surface area contributed by atoms with Gasteiger partial charge in [0.1, 0.15) is 11.4 Å². The molecular formula is C22H28N2O4S. The topological polar surface area (TPSA) is 75.7 Å². The fourth-order valence-corrected chi connectivity index (χ4v) is 4.63. The lowest BCUT2D eigenvalue weighted by molar-refractivity contribution is -0.122. The third-order valence-corrected chi connectivity index (χ3v) is 6.12. The number of nitrogens with one attached hydrogen (secondary N) is 1. The second-order valence-corrected chi connectivity index (χ2v) is 9.90. The molecule has 0 fully saturated rings. The van der Waals surface area contributed by atoms with E-state index in [2.05, 4.69) is 5.32 Å². The molecule has 1 amide bonds. The van der Waals surface area contributed by atoms with Crippen molar-refractivity contribution in [3.8, 4) is 5.75 Å². The minimum atomic E-state index is -3.41. The van der Waals surface area contributed by atoms with Gasteiger partial charge in [0.05, 0.1) is 18.0 Å². The molecule has 0 bridgehead atoms. The number of para-hydroxylation sites is 2. The van der Waals surface area contributed by atoms with Crippen LogP contribution in [0.15, 0.2) is 54.6 Å². The van der Waals surface area contributed by atoms with Crippen molar-refractivity contribution in [1.82, 2.24) is 5.32 Å². The van der Waals surface area contributed by atoms with Crippen LogP contribution < -0.4 is 14.4 Å². The van der Waals surface area contributed by atoms with Gasteiger partial charge in [0.25, 0.3) is 0 Å². The lowest BCUT2D eigenvalue weighted by Gasteiger charge is -2.37. The number of ether oxygens (including phenoxy) is 1. The Hall–Kier alpha value is -2.54. The normalized spacial score (nSPS) is 17.7. The Morgan fingerprint density at radius 1 is 1.14 bits per heavy atom. The van der Waals surface area contributed by atoms with Crippen LogP contribution in [0.1, 0.15) is 44.7 Å². The molecular weight excluding hydrogens is 388 g/mol. The van der Waals surface area contributed by atoms with Gasteiger partial charge in [-0.25, -0.2) is 8.42 Å². The lowest BCUT2D eigenvalue weighted by Crippen LogP contribution is -2.41. The number of benzene rings is 2. The van der Waals surface area contributed by atoms with E-state index in [9.17, 15) is 13.2 Å². The highest BCUT2D eigenvalue weighted by atomic mass is 32.2. The quantitative estimate of drug-likeness (QED) is 0.748. The number of carbonyl (C=O) groups is 1. The minimum absolute atomic E-state index is 0.0935. The van der Waals surface area contributed by atoms with E-state index in [1.807, 2.05) is 44.2 Å². The third kappa shape index (κ3) is 5.50. The molecule has 156 valence electrons. The van der Waals surface area contributed by atoms with Crippen LogP contribution in [0.25, 0.3) is 0 Å². The van der Waals surface area contributed by atoms with Crippen molar-refractivity contribution in [2.24, 2.45) is 0 Å². The highest BCUT2D eigenvalue weighted by Gasteiger charge is 2.34. The van der Waals surface area contributed by atoms with Gasteiger partial charge in [-0.15, -0.1) is 0 Å². The van der Waals surface area contributed by atoms with E-state index in [4.69, 9.17) is 4.74 Å². The van der Waals surface area contributed by atoms with E-state index in [0.29, 0.717) is 18.5 Å². The molecule has 29 heavy (non-hydrogen) atoms. The van der Waals surface area contributed by atoms with Gasteiger partial charge in [0, 0.05) is 24.9 Å². The summed E-state index contributed by atoms with van der Waals surface area (Å²) < 4.78 is 31.6. The number of amides is 1. The summed E-state index contributed by atoms with van der Waals surface area (Å²) in [5.74, 6) is 0.699. The zero-order chi connectivity index (χ0) is 21.1. The lowest BCUT2D eigenvalue weighted by atomic mass is 9.89. The predicted octanol–water partition coefficient (Wildman–Crippen LogP) is 3.65. The van der Waals surface area contributed by atoms with Crippen LogP contribution in [0.2, 0.25) is 0 Å². The Balaban J connectivity index is 1.61. The average Bonchev–Trinajstić information content (AvgIpc) is 2.64. The molecule has 0 aromatic heterocycles. The molecule has 3 rings (SSSR count). The van der Waals surface area contributed by atoms with Crippen molar-refractivity contribution < 1.29 is 17.9 Å². The van der Waals surface area contributed by atoms with Gasteiger partial charge in [-0.2, -0.15) is 0 Å². The largest absolute Gasteiger partial charge is 0.487 e. The van der Waals surface area contributed by atoms with Crippen molar-refractivity contribution in [3.05, 3.63) is 60.2 Å². The maximum Gasteiger partial charge on any atom is 0.232 e. The summed E-state index contributed by atoms with van der Waals surface area (Å²) in [4.78, 5) is 12.6. The van der Waals surface area contributed by atoms with Gasteiger partial charge in [-0.1, -0.05) is 36.4 Å². The molecule has 1 heterocycles. The fraction of sp³-hybridized carbons (Fsp3) is 0.409. The second kappa shape index (κ2) is 8.45. The number of hydrogen-bond donors (Lipinski definition) is 1. The second-order valence-electron chi connectivity index (χ2n) is 8.00. The smallest absolute Gasteiger partial charge is 0.232 e. The van der Waals surface area contributed by atoms with Gasteiger partial charge < -0.3 is 10.1 Å². The molecule has 7 heteroatoms. The molecule has 6 nitrogen and oxygen atoms in total. The van der Waals surface area contributed by atoms with Crippen molar-refractivity contribution in [2.45, 2.75) is 44.8 Å². The Morgan fingerprint density at radius 3 is 2.48 bits per heavy atom. The standard InChI is InChI=1S/C22H28N2O4S/c1-22(2)16-19(18-12-7-8-13-20(18)28-22)23-21(25)14-9-15-24(29(3,26)27)17-10-5-4-6-11-17/h4-8,10-13,19H,9,14-16H2,1-3H3,(H,23,25)/t19-/m1/s1. The van der Waals surface area contributed by atoms with Crippen molar-refractivity contribution in [3.63, 3.8) is 0 Å². The molecule has 0 spiro atoms. The van der Waals surface area contributed by atoms with E-state index >= 15 is 0 Å². The summed E-state index contributed by atoms with van der Waals surface area (Å²) >= 11 is 0. The molecule has 2 aromatic carbocycles. The van der Waals surface area contributed by atoms with Crippen LogP contribution in [-0.4, -0.2) is 32.7 Å². The van der Waals surface area contributed by atoms with Crippen molar-refractivity contribution >= 4 is 21.6 Å². The van der Waals surface area contributed by atoms with Crippen molar-refractivity contribution in [2.75, 3.05) is 17.1 Å². The molecule has 2 aromatic rings. The van der Waals surface area contributed by atoms with Gasteiger partial charge in [0.15, 0.2) is 0 Å². The molecule has 0 saturated carbocycles. The third-order valence-electron chi connectivity index (χ3n) is 4.92. The Morgan fingerprint density at radius 2 is 1.79 bits per heavy atom. The van der Waals surface area contributed by atoms with Crippen LogP contribution in [0.5, 0.6) is 5.75 Å². The number of anilines is 1. The SMILES string of the molecule is CC1(C)C[C@@H](NC(=O)CCCN(c2ccccc2)S(C)(=O)=O)c2ccccc2O1. The first-order valence-electron chi connectivity index (χ1n) is 9.76. The molecule has 0 saturated heterocycles. The number of hydrogen-bond acceptors (Lipinski definition) is 4. The first-order chi connectivity index (χ1) is 13.7. The van der Waals surface area contributed by atoms with Crippen LogP contribution in [0, 0.1) is 0 Å². The van der Waals surface area contributed by atoms with E-state index in [0.717, 1.165) is 11.3 Å². The van der Waals surface area contributed by atoms with E-state index in [1.54, 1.807) is 24.3 Å². The monoisotopic (exact) mass is 416 g/mol. The van der Waals surface area contributed by atoms with Crippen LogP contribution in [0.3, 0.4) is 0 Å². The zero-order valence-electron chi connectivity index (χ0n) is 17.1. The zero-order valence-corrected chi connectivity index (χ0v) is 17.9. The molecule has 1 aliphatic rings. The van der Waals surface area contributed by atoms with Crippen LogP contribution in [0.4, 0.5) is 5.69 Å². The molecule has 1 N–H and O–H groups in total. The number of nitrogens with zero attached hydrogens (tertiary/aromatic N) is 1. The average molecular weight is 417 g/mol. The first-order valence-corrected chi connectivity index (χ1v) is 11.6. The highest BCUT2D eigenvalue weighted by molar-refractivity contribution is 7.92. The number of rotatable bonds is 7. The summed E-state index contributed by atoms with van der Waals surface area (Å²) in [5.41, 5.74) is 1.21. The summed E-state index contributed by atoms with van der Waals surface area (Å²) in [7, 11) is -3.41. The molecule has 1 atom stereocenters. The number of sulfonamides is 1. The number of fused-ring (bicyclic) bond motifs is 1. The summed E-state index contributed by atoms with van der Waals surface area (Å²) in [6, 6.07) is 16.5. The Labute approximate surface area is 172 Å². The minimum Gasteiger partial charge on any atom is -0.487 e. The highest BCUT2D eigenvalue weighted by Crippen LogP contribution is 2.39. The van der Waals surface area contributed by atoms with E-state index < -0.39 is 10.0 Å². The maximum absolute atomic E-state index is 12.6. The van der Waals surface area contributed by atoms with Crippen molar-refractivity contribution in [1.29, 1.82) is 0 Å². The van der Waals surface area contributed by atoms with Gasteiger partial charge in [0.2, 0.25) is 15.9 Å². The van der Waals surface area contributed by atoms with Crippen LogP contribution in [-0.2, 0) is 14.8 Å². The Kier molecular flexibility index (Phi) is 6.17. The maximum atomic E-state index is 12.6. The predicted molar refractivity (Wildman–Crippen MR) is 115 cm³/mol. The summed E-state index contributed by atoms with van der Waals surface area (Å²) in [6.45, 7) is 4.27. The van der Waals surface area contributed by atoms with Crippen LogP contribution >= 0.6 is 0 Å². The van der Waals surface area contributed by atoms with Gasteiger partial charge >= 0.3 is 0 Å². The summed E-state index contributed by atoms with van der Waals surface area (Å²) in [5, 5.41) is 3.10. The molecule has 0 aliphatic carbocycles. The molecule has 0 radical (unpaired) electrons. The summed E-state index contributed by atoms with van der Waals surface area (Å²) in [6.07, 6.45) is 2.54.